The lowest BCUT2D eigenvalue weighted by Gasteiger charge is -2.20. The number of aryl methyl sites for hydroxylation is 1. The number of nitrogens with one attached hydrogen (secondary N) is 1. The predicted molar refractivity (Wildman–Crippen MR) is 144 cm³/mol. The summed E-state index contributed by atoms with van der Waals surface area (Å²) in [5.41, 5.74) is 0.670. The van der Waals surface area contributed by atoms with Crippen LogP contribution in [0.25, 0.3) is 21.7 Å². The molecule has 6 nitrogen and oxygen atoms in total. The zero-order chi connectivity index (χ0) is 27.7. The molecular weight excluding hydrogens is 512 g/mol. The molecule has 4 aromatic rings. The van der Waals surface area contributed by atoms with Gasteiger partial charge in [0, 0.05) is 37.6 Å². The molecule has 0 radical (unpaired) electrons. The van der Waals surface area contributed by atoms with Crippen LogP contribution in [0.1, 0.15) is 35.7 Å². The van der Waals surface area contributed by atoms with Gasteiger partial charge in [-0.25, -0.2) is 9.82 Å². The van der Waals surface area contributed by atoms with Gasteiger partial charge in [-0.3, -0.25) is 9.59 Å². The average molecular weight is 539 g/mol. The van der Waals surface area contributed by atoms with Crippen LogP contribution < -0.4 is 15.8 Å². The molecule has 0 spiro atoms. The van der Waals surface area contributed by atoms with Crippen LogP contribution >= 0.6 is 0 Å². The predicted octanol–water partition coefficient (Wildman–Crippen LogP) is 5.80. The molecule has 5 rings (SSSR count). The van der Waals surface area contributed by atoms with E-state index >= 15 is 0 Å². The second kappa shape index (κ2) is 10.5. The first-order valence-corrected chi connectivity index (χ1v) is 12.7. The molecule has 3 aromatic carbocycles. The van der Waals surface area contributed by atoms with E-state index in [4.69, 9.17) is 0 Å². The number of benzene rings is 3. The van der Waals surface area contributed by atoms with E-state index in [9.17, 15) is 27.2 Å². The Hall–Kier alpha value is -4.21. The number of halogens is 4. The maximum Gasteiger partial charge on any atom is 0.431 e. The van der Waals surface area contributed by atoms with Crippen molar-refractivity contribution < 1.29 is 22.4 Å². The minimum Gasteiger partial charge on any atom is -0.369 e. The van der Waals surface area contributed by atoms with E-state index < -0.39 is 41.0 Å². The molecule has 202 valence electrons. The lowest BCUT2D eigenvalue weighted by Crippen LogP contribution is -2.32. The summed E-state index contributed by atoms with van der Waals surface area (Å²) in [4.78, 5) is 28.0. The molecule has 2 heterocycles. The van der Waals surface area contributed by atoms with Crippen LogP contribution in [0.4, 0.5) is 23.2 Å². The Kier molecular flexibility index (Phi) is 7.12. The third-order valence-corrected chi connectivity index (χ3v) is 6.99. The fourth-order valence-corrected chi connectivity index (χ4v) is 4.95. The van der Waals surface area contributed by atoms with Crippen molar-refractivity contribution in [1.82, 2.24) is 9.99 Å². The summed E-state index contributed by atoms with van der Waals surface area (Å²) in [6.07, 6.45) is -2.23. The monoisotopic (exact) mass is 538 g/mol. The van der Waals surface area contributed by atoms with E-state index in [2.05, 4.69) is 5.10 Å². The van der Waals surface area contributed by atoms with Gasteiger partial charge < -0.3 is 9.47 Å². The Balaban J connectivity index is 1.46. The van der Waals surface area contributed by atoms with Gasteiger partial charge in [0.05, 0.1) is 11.2 Å². The molecule has 0 saturated carbocycles. The highest BCUT2D eigenvalue weighted by Gasteiger charge is 2.36. The van der Waals surface area contributed by atoms with E-state index in [1.54, 1.807) is 47.9 Å². The van der Waals surface area contributed by atoms with Crippen LogP contribution in [0.5, 0.6) is 0 Å². The van der Waals surface area contributed by atoms with Crippen molar-refractivity contribution >= 4 is 39.0 Å². The highest BCUT2D eigenvalue weighted by Crippen LogP contribution is 2.28. The Bertz CT molecular complexity index is 1650. The second-order valence-electron chi connectivity index (χ2n) is 9.53. The molecule has 1 fully saturated rings. The molecule has 10 heteroatoms. The minimum atomic E-state index is -4.82. The third-order valence-electron chi connectivity index (χ3n) is 6.99. The van der Waals surface area contributed by atoms with Gasteiger partial charge in [0.1, 0.15) is 17.1 Å². The van der Waals surface area contributed by atoms with Crippen molar-refractivity contribution in [3.05, 3.63) is 88.0 Å². The number of pyridine rings is 1. The Labute approximate surface area is 221 Å². The van der Waals surface area contributed by atoms with E-state index in [1.165, 1.54) is 6.20 Å². The van der Waals surface area contributed by atoms with Gasteiger partial charge in [0.15, 0.2) is 0 Å². The maximum atomic E-state index is 15.0. The normalized spacial score (nSPS) is 14.4. The van der Waals surface area contributed by atoms with Crippen LogP contribution in [-0.4, -0.2) is 35.5 Å². The van der Waals surface area contributed by atoms with Crippen molar-refractivity contribution in [3.63, 3.8) is 0 Å². The molecule has 39 heavy (non-hydrogen) atoms. The van der Waals surface area contributed by atoms with E-state index in [0.29, 0.717) is 36.4 Å². The topological polar surface area (TPSA) is 66.7 Å². The van der Waals surface area contributed by atoms with E-state index in [1.807, 2.05) is 22.5 Å². The number of hydrogen-bond donors (Lipinski definition) is 1. The summed E-state index contributed by atoms with van der Waals surface area (Å²) in [6.45, 7) is 3.55. The molecule has 1 N–H and O–H groups in total. The molecule has 0 bridgehead atoms. The lowest BCUT2D eigenvalue weighted by molar-refractivity contribution is -0.0604. The SMILES string of the molecule is CCn1cc(C(=O)N/N=C(\Cc2ccc3ccccc3c2)C(F)(F)F)c(=O)c2cc(F)c(N3CCCC3)cc21. The van der Waals surface area contributed by atoms with E-state index in [-0.39, 0.29) is 5.39 Å². The fraction of sp³-hybridized carbons (Fsp3) is 0.276. The molecular formula is C29H26F4N4O2. The van der Waals surface area contributed by atoms with Crippen LogP contribution in [0.3, 0.4) is 0 Å². The first kappa shape index (κ1) is 26.4. The van der Waals surface area contributed by atoms with Crippen LogP contribution in [0.15, 0.2) is 70.7 Å². The van der Waals surface area contributed by atoms with Crippen LogP contribution in [0, 0.1) is 5.82 Å². The van der Waals surface area contributed by atoms with Crippen molar-refractivity contribution in [2.24, 2.45) is 5.10 Å². The van der Waals surface area contributed by atoms with Crippen LogP contribution in [-0.2, 0) is 13.0 Å². The summed E-state index contributed by atoms with van der Waals surface area (Å²) in [5.74, 6) is -1.69. The van der Waals surface area contributed by atoms with Crippen LogP contribution in [0.2, 0.25) is 0 Å². The van der Waals surface area contributed by atoms with Crippen molar-refractivity contribution in [1.29, 1.82) is 0 Å². The van der Waals surface area contributed by atoms with Gasteiger partial charge in [0.25, 0.3) is 5.91 Å². The molecule has 1 aliphatic heterocycles. The summed E-state index contributed by atoms with van der Waals surface area (Å²) in [7, 11) is 0. The number of carbonyl (C=O) groups excluding carboxylic acids is 1. The summed E-state index contributed by atoms with van der Waals surface area (Å²) >= 11 is 0. The number of hydrogen-bond acceptors (Lipinski definition) is 4. The van der Waals surface area contributed by atoms with Crippen molar-refractivity contribution in [2.45, 2.75) is 38.9 Å². The third kappa shape index (κ3) is 5.36. The van der Waals surface area contributed by atoms with Crippen molar-refractivity contribution in [3.8, 4) is 0 Å². The number of fused-ring (bicyclic) bond motifs is 2. The standard InChI is InChI=1S/C29H26F4N4O2/c1-2-36-17-22(27(38)21-15-23(30)25(16-24(21)36)37-11-5-6-12-37)28(39)35-34-26(29(31,32)33)14-18-9-10-19-7-3-4-8-20(19)13-18/h3-4,7-10,13,15-17H,2,5-6,11-12,14H2,1H3,(H,35,39)/b34-26+. The molecule has 1 saturated heterocycles. The number of amides is 1. The minimum absolute atomic E-state index is 0.0267. The summed E-state index contributed by atoms with van der Waals surface area (Å²) in [6, 6.07) is 14.9. The molecule has 1 amide bonds. The van der Waals surface area contributed by atoms with Crippen molar-refractivity contribution in [2.75, 3.05) is 18.0 Å². The lowest BCUT2D eigenvalue weighted by atomic mass is 10.0. The number of aromatic nitrogens is 1. The average Bonchev–Trinajstić information content (AvgIpc) is 3.45. The van der Waals surface area contributed by atoms with E-state index in [0.717, 1.165) is 29.7 Å². The molecule has 0 atom stereocenters. The zero-order valence-electron chi connectivity index (χ0n) is 21.2. The zero-order valence-corrected chi connectivity index (χ0v) is 21.2. The second-order valence-corrected chi connectivity index (χ2v) is 9.53. The number of alkyl halides is 3. The first-order valence-electron chi connectivity index (χ1n) is 12.7. The number of nitrogens with zero attached hydrogens (tertiary/aromatic N) is 3. The Morgan fingerprint density at radius 3 is 2.44 bits per heavy atom. The number of carbonyl (C=O) groups is 1. The van der Waals surface area contributed by atoms with Gasteiger partial charge in [0.2, 0.25) is 5.43 Å². The largest absolute Gasteiger partial charge is 0.431 e. The Morgan fingerprint density at radius 2 is 1.74 bits per heavy atom. The smallest absolute Gasteiger partial charge is 0.369 e. The molecule has 0 aliphatic carbocycles. The summed E-state index contributed by atoms with van der Waals surface area (Å²) < 4.78 is 58.0. The maximum absolute atomic E-state index is 15.0. The molecule has 1 aromatic heterocycles. The van der Waals surface area contributed by atoms with Gasteiger partial charge in [-0.2, -0.15) is 18.3 Å². The number of anilines is 1. The number of hydrazone groups is 1. The van der Waals surface area contributed by atoms with Gasteiger partial charge >= 0.3 is 6.18 Å². The Morgan fingerprint density at radius 1 is 1.03 bits per heavy atom. The van der Waals surface area contributed by atoms with Gasteiger partial charge in [-0.15, -0.1) is 0 Å². The fourth-order valence-electron chi connectivity index (χ4n) is 4.95. The first-order chi connectivity index (χ1) is 18.7. The summed E-state index contributed by atoms with van der Waals surface area (Å²) in [5, 5.41) is 5.00. The van der Waals surface area contributed by atoms with Gasteiger partial charge in [-0.1, -0.05) is 42.5 Å². The highest BCUT2D eigenvalue weighted by molar-refractivity contribution is 5.99. The molecule has 1 aliphatic rings. The van der Waals surface area contributed by atoms with Gasteiger partial charge in [-0.05, 0) is 48.2 Å². The quantitative estimate of drug-likeness (QED) is 0.192. The number of rotatable bonds is 6. The highest BCUT2D eigenvalue weighted by atomic mass is 19.4. The molecule has 0 unspecified atom stereocenters.